The molecule has 0 saturated carbocycles. The van der Waals surface area contributed by atoms with Gasteiger partial charge in [-0.2, -0.15) is 18.4 Å². The molecule has 178 valence electrons. The first-order valence-electron chi connectivity index (χ1n) is 11.4. The Labute approximate surface area is 201 Å². The van der Waals surface area contributed by atoms with E-state index in [-0.39, 0.29) is 17.6 Å². The average molecular weight is 477 g/mol. The number of nitriles is 1. The molecule has 0 unspecified atom stereocenters. The van der Waals surface area contributed by atoms with Crippen molar-refractivity contribution in [3.8, 4) is 28.7 Å². The first-order valence-corrected chi connectivity index (χ1v) is 11.4. The van der Waals surface area contributed by atoms with Crippen LogP contribution < -0.4 is 0 Å². The van der Waals surface area contributed by atoms with E-state index in [1.807, 2.05) is 6.92 Å². The molecule has 0 amide bonds. The molecule has 0 bridgehead atoms. The van der Waals surface area contributed by atoms with Crippen LogP contribution in [0.25, 0.3) is 22.6 Å². The van der Waals surface area contributed by atoms with Crippen molar-refractivity contribution in [3.05, 3.63) is 76.9 Å². The summed E-state index contributed by atoms with van der Waals surface area (Å²) < 4.78 is 39.5. The summed E-state index contributed by atoms with van der Waals surface area (Å²) in [5, 5.41) is 20.3. The van der Waals surface area contributed by atoms with Crippen molar-refractivity contribution in [1.82, 2.24) is 15.0 Å². The van der Waals surface area contributed by atoms with Gasteiger partial charge in [0.1, 0.15) is 5.76 Å². The highest BCUT2D eigenvalue weighted by atomic mass is 19.4. The zero-order valence-corrected chi connectivity index (χ0v) is 19.3. The minimum absolute atomic E-state index is 0.0627. The number of pyridine rings is 1. The van der Waals surface area contributed by atoms with E-state index in [0.29, 0.717) is 35.5 Å². The summed E-state index contributed by atoms with van der Waals surface area (Å²) in [6.07, 6.45) is 0.569. The van der Waals surface area contributed by atoms with Crippen molar-refractivity contribution in [3.63, 3.8) is 0 Å². The van der Waals surface area contributed by atoms with Gasteiger partial charge in [0.15, 0.2) is 5.82 Å². The van der Waals surface area contributed by atoms with Crippen LogP contribution in [-0.2, 0) is 18.0 Å². The molecule has 0 spiro atoms. The molecule has 0 radical (unpaired) electrons. The number of aliphatic hydroxyl groups excluding tert-OH is 1. The van der Waals surface area contributed by atoms with Crippen molar-refractivity contribution in [2.75, 3.05) is 0 Å². The Balaban J connectivity index is 1.74. The lowest BCUT2D eigenvalue weighted by atomic mass is 9.56. The molecule has 2 aliphatic rings. The highest BCUT2D eigenvalue weighted by Crippen LogP contribution is 2.54. The van der Waals surface area contributed by atoms with E-state index in [0.717, 1.165) is 35.4 Å². The number of halogens is 3. The quantitative estimate of drug-likeness (QED) is 0.462. The van der Waals surface area contributed by atoms with Crippen LogP contribution in [0.3, 0.4) is 0 Å². The number of hydrogen-bond acceptors (Lipinski definition) is 5. The second-order valence-corrected chi connectivity index (χ2v) is 9.54. The van der Waals surface area contributed by atoms with Gasteiger partial charge >= 0.3 is 6.18 Å². The van der Waals surface area contributed by atoms with Gasteiger partial charge in [0.05, 0.1) is 28.6 Å². The Morgan fingerprint density at radius 2 is 1.74 bits per heavy atom. The third kappa shape index (κ3) is 3.75. The van der Waals surface area contributed by atoms with Crippen molar-refractivity contribution in [1.29, 1.82) is 5.26 Å². The number of aromatic nitrogens is 3. The number of rotatable bonds is 2. The number of nitrogens with zero attached hydrogens (tertiary/aromatic N) is 4. The van der Waals surface area contributed by atoms with E-state index in [9.17, 15) is 23.5 Å². The molecule has 5 rings (SSSR count). The number of alkyl halides is 3. The van der Waals surface area contributed by atoms with Gasteiger partial charge in [-0.05, 0) is 49.4 Å². The molecule has 5 nitrogen and oxygen atoms in total. The molecule has 0 saturated heterocycles. The highest BCUT2D eigenvalue weighted by molar-refractivity contribution is 5.69. The fraction of sp³-hybridized carbons (Fsp3) is 0.333. The Morgan fingerprint density at radius 3 is 2.37 bits per heavy atom. The zero-order valence-electron chi connectivity index (χ0n) is 19.3. The number of hydrogen-bond donors (Lipinski definition) is 1. The summed E-state index contributed by atoms with van der Waals surface area (Å²) in [5.74, 6) is 0.454. The molecular weight excluding hydrogens is 453 g/mol. The van der Waals surface area contributed by atoms with E-state index in [2.05, 4.69) is 18.0 Å². The van der Waals surface area contributed by atoms with Crippen LogP contribution in [0.5, 0.6) is 0 Å². The topological polar surface area (TPSA) is 82.7 Å². The lowest BCUT2D eigenvalue weighted by Crippen LogP contribution is -2.45. The predicted molar refractivity (Wildman–Crippen MR) is 124 cm³/mol. The maximum Gasteiger partial charge on any atom is 0.416 e. The third-order valence-electron chi connectivity index (χ3n) is 7.52. The average Bonchev–Trinajstić information content (AvgIpc) is 2.86. The van der Waals surface area contributed by atoms with Gasteiger partial charge < -0.3 is 5.11 Å². The van der Waals surface area contributed by atoms with Crippen LogP contribution in [0.2, 0.25) is 0 Å². The Kier molecular flexibility index (Phi) is 5.39. The van der Waals surface area contributed by atoms with E-state index in [1.165, 1.54) is 12.1 Å². The fourth-order valence-corrected chi connectivity index (χ4v) is 5.71. The summed E-state index contributed by atoms with van der Waals surface area (Å²) in [6.45, 7) is 4.00. The maximum atomic E-state index is 13.2. The van der Waals surface area contributed by atoms with Crippen molar-refractivity contribution >= 4 is 0 Å². The first-order chi connectivity index (χ1) is 16.6. The largest absolute Gasteiger partial charge is 0.511 e. The van der Waals surface area contributed by atoms with Crippen molar-refractivity contribution in [2.45, 2.75) is 44.7 Å². The van der Waals surface area contributed by atoms with Crippen LogP contribution in [0.4, 0.5) is 13.2 Å². The molecule has 2 heterocycles. The second-order valence-electron chi connectivity index (χ2n) is 9.54. The zero-order chi connectivity index (χ0) is 25.0. The monoisotopic (exact) mass is 476 g/mol. The fourth-order valence-electron chi connectivity index (χ4n) is 5.71. The molecule has 35 heavy (non-hydrogen) atoms. The number of aliphatic hydroxyl groups is 1. The smallest absolute Gasteiger partial charge is 0.416 e. The van der Waals surface area contributed by atoms with Gasteiger partial charge in [-0.25, -0.2) is 9.97 Å². The van der Waals surface area contributed by atoms with Gasteiger partial charge in [-0.15, -0.1) is 0 Å². The van der Waals surface area contributed by atoms with Crippen molar-refractivity contribution < 1.29 is 18.3 Å². The lowest BCUT2D eigenvalue weighted by Gasteiger charge is -2.48. The lowest BCUT2D eigenvalue weighted by molar-refractivity contribution is -0.137. The van der Waals surface area contributed by atoms with Gasteiger partial charge in [0.25, 0.3) is 0 Å². The predicted octanol–water partition coefficient (Wildman–Crippen LogP) is 6.42. The Morgan fingerprint density at radius 1 is 1.06 bits per heavy atom. The maximum absolute atomic E-state index is 13.2. The highest BCUT2D eigenvalue weighted by Gasteiger charge is 2.50. The van der Waals surface area contributed by atoms with E-state index >= 15 is 0 Å². The van der Waals surface area contributed by atoms with E-state index in [4.69, 9.17) is 9.97 Å². The molecular formula is C27H23F3N4O. The van der Waals surface area contributed by atoms with Crippen LogP contribution in [0.15, 0.2) is 60.1 Å². The molecule has 3 aromatic rings. The molecule has 1 N–H and O–H groups in total. The Hall–Kier alpha value is -3.73. The molecule has 2 aliphatic carbocycles. The molecule has 0 fully saturated rings. The summed E-state index contributed by atoms with van der Waals surface area (Å²) in [4.78, 5) is 13.9. The van der Waals surface area contributed by atoms with Gasteiger partial charge in [-0.3, -0.25) is 4.98 Å². The van der Waals surface area contributed by atoms with Crippen molar-refractivity contribution in [2.24, 2.45) is 11.8 Å². The van der Waals surface area contributed by atoms with Gasteiger partial charge in [-0.1, -0.05) is 26.0 Å². The standard InChI is InChI=1S/C27H23F3N4O/c1-15-21-8-7-20-22(16-3-5-19(6-4-16)27(28,29)30)33-25(17-9-11-32-12-10-17)34-24(20)26(21,2)13-18(14-31)23(15)35/h3-6,9-12,15,21,35H,7-8,13H2,1-2H3/t15-,21-,26-/m1/s1. The molecule has 0 aliphatic heterocycles. The van der Waals surface area contributed by atoms with E-state index < -0.39 is 17.2 Å². The van der Waals surface area contributed by atoms with Gasteiger partial charge in [0.2, 0.25) is 0 Å². The van der Waals surface area contributed by atoms with Gasteiger partial charge in [0, 0.05) is 40.4 Å². The second kappa shape index (κ2) is 8.19. The number of allylic oxidation sites excluding steroid dienone is 2. The summed E-state index contributed by atoms with van der Waals surface area (Å²) in [5.41, 5.74) is 2.69. The van der Waals surface area contributed by atoms with Crippen LogP contribution in [0.1, 0.15) is 43.5 Å². The molecule has 8 heteroatoms. The SMILES string of the molecule is C[C@H]1C(O)=C(C#N)C[C@@]2(C)c3nc(-c4ccncc4)nc(-c4ccc(C(F)(F)F)cc4)c3CC[C@H]12. The summed E-state index contributed by atoms with van der Waals surface area (Å²) >= 11 is 0. The third-order valence-corrected chi connectivity index (χ3v) is 7.52. The summed E-state index contributed by atoms with van der Waals surface area (Å²) in [7, 11) is 0. The first kappa shape index (κ1) is 23.0. The summed E-state index contributed by atoms with van der Waals surface area (Å²) in [6, 6.07) is 10.8. The normalized spacial score (nSPS) is 23.9. The number of fused-ring (bicyclic) bond motifs is 3. The number of benzene rings is 1. The van der Waals surface area contributed by atoms with Crippen LogP contribution in [-0.4, -0.2) is 20.1 Å². The van der Waals surface area contributed by atoms with Crippen LogP contribution >= 0.6 is 0 Å². The molecule has 2 aromatic heterocycles. The van der Waals surface area contributed by atoms with Crippen LogP contribution in [0, 0.1) is 23.2 Å². The minimum atomic E-state index is -4.42. The Bertz CT molecular complexity index is 1360. The van der Waals surface area contributed by atoms with E-state index in [1.54, 1.807) is 24.5 Å². The minimum Gasteiger partial charge on any atom is -0.511 e. The molecule has 1 aromatic carbocycles. The molecule has 3 atom stereocenters.